The molecule has 2 N–H and O–H groups in total. The molecule has 28 heavy (non-hydrogen) atoms. The lowest BCUT2D eigenvalue weighted by Gasteiger charge is -2.13. The van der Waals surface area contributed by atoms with E-state index < -0.39 is 5.97 Å². The average molecular weight is 375 g/mol. The Kier molecular flexibility index (Phi) is 5.69. The third kappa shape index (κ3) is 4.35. The zero-order chi connectivity index (χ0) is 20.1. The van der Waals surface area contributed by atoms with Gasteiger partial charge >= 0.3 is 5.97 Å². The van der Waals surface area contributed by atoms with Gasteiger partial charge in [-0.25, -0.2) is 9.78 Å². The maximum atomic E-state index is 12.6. The minimum absolute atomic E-state index is 0.297. The summed E-state index contributed by atoms with van der Waals surface area (Å²) < 4.78 is 4.70. The number of rotatable bonds is 5. The summed E-state index contributed by atoms with van der Waals surface area (Å²) >= 11 is 0. The van der Waals surface area contributed by atoms with Gasteiger partial charge in [-0.3, -0.25) is 4.79 Å². The van der Waals surface area contributed by atoms with Gasteiger partial charge in [-0.05, 0) is 55.3 Å². The molecule has 6 nitrogen and oxygen atoms in total. The van der Waals surface area contributed by atoms with Crippen molar-refractivity contribution in [3.8, 4) is 0 Å². The number of methoxy groups -OCH3 is 1. The normalized spacial score (nSPS) is 10.2. The average Bonchev–Trinajstić information content (AvgIpc) is 2.70. The molecule has 0 atom stereocenters. The number of benzene rings is 2. The van der Waals surface area contributed by atoms with Crippen LogP contribution in [0.1, 0.15) is 31.8 Å². The van der Waals surface area contributed by atoms with Gasteiger partial charge in [-0.2, -0.15) is 0 Å². The summed E-state index contributed by atoms with van der Waals surface area (Å²) in [7, 11) is 1.31. The van der Waals surface area contributed by atoms with Crippen LogP contribution in [0.4, 0.5) is 17.2 Å². The fourth-order valence-corrected chi connectivity index (χ4v) is 2.82. The van der Waals surface area contributed by atoms with Crippen LogP contribution < -0.4 is 10.6 Å². The SMILES string of the molecule is COC(=O)c1cccc(NC(=O)c2ccnc(Nc3c(C)cccc3C)c2)c1. The number of carbonyl (C=O) groups excluding carboxylic acids is 2. The third-order valence-corrected chi connectivity index (χ3v) is 4.30. The Labute approximate surface area is 163 Å². The number of anilines is 3. The molecule has 6 heteroatoms. The Morgan fingerprint density at radius 2 is 1.64 bits per heavy atom. The van der Waals surface area contributed by atoms with Crippen molar-refractivity contribution in [1.82, 2.24) is 4.98 Å². The second-order valence-corrected chi connectivity index (χ2v) is 6.35. The molecule has 1 heterocycles. The molecule has 0 fully saturated rings. The summed E-state index contributed by atoms with van der Waals surface area (Å²) in [5.41, 5.74) is 4.49. The van der Waals surface area contributed by atoms with Crippen molar-refractivity contribution in [3.63, 3.8) is 0 Å². The smallest absolute Gasteiger partial charge is 0.337 e. The number of para-hydroxylation sites is 1. The highest BCUT2D eigenvalue weighted by Gasteiger charge is 2.11. The van der Waals surface area contributed by atoms with E-state index in [1.165, 1.54) is 7.11 Å². The van der Waals surface area contributed by atoms with Crippen LogP contribution in [0.25, 0.3) is 0 Å². The number of nitrogens with one attached hydrogen (secondary N) is 2. The quantitative estimate of drug-likeness (QED) is 0.643. The molecule has 0 saturated heterocycles. The van der Waals surface area contributed by atoms with Crippen molar-refractivity contribution in [3.05, 3.63) is 83.0 Å². The number of aromatic nitrogens is 1. The molecule has 1 amide bonds. The van der Waals surface area contributed by atoms with Crippen LogP contribution in [-0.4, -0.2) is 24.0 Å². The molecule has 1 aromatic heterocycles. The van der Waals surface area contributed by atoms with Gasteiger partial charge in [0.2, 0.25) is 0 Å². The second kappa shape index (κ2) is 8.35. The molecular formula is C22H21N3O3. The summed E-state index contributed by atoms with van der Waals surface area (Å²) in [6, 6.07) is 15.9. The minimum Gasteiger partial charge on any atom is -0.465 e. The van der Waals surface area contributed by atoms with E-state index in [9.17, 15) is 9.59 Å². The van der Waals surface area contributed by atoms with Crippen LogP contribution >= 0.6 is 0 Å². The van der Waals surface area contributed by atoms with Crippen molar-refractivity contribution >= 4 is 29.1 Å². The zero-order valence-corrected chi connectivity index (χ0v) is 15.9. The maximum absolute atomic E-state index is 12.6. The third-order valence-electron chi connectivity index (χ3n) is 4.30. The molecule has 0 spiro atoms. The molecule has 3 rings (SSSR count). The van der Waals surface area contributed by atoms with Gasteiger partial charge in [-0.15, -0.1) is 0 Å². The number of pyridine rings is 1. The standard InChI is InChI=1S/C22H21N3O3/c1-14-6-4-7-15(2)20(14)25-19-13-16(10-11-23-19)21(26)24-18-9-5-8-17(12-18)22(27)28-3/h4-13H,1-3H3,(H,23,25)(H,24,26). The number of carbonyl (C=O) groups is 2. The molecule has 0 radical (unpaired) electrons. The first-order valence-corrected chi connectivity index (χ1v) is 8.77. The van der Waals surface area contributed by atoms with Gasteiger partial charge in [0.25, 0.3) is 5.91 Å². The zero-order valence-electron chi connectivity index (χ0n) is 15.9. The fraction of sp³-hybridized carbons (Fsp3) is 0.136. The summed E-state index contributed by atoms with van der Waals surface area (Å²) in [6.07, 6.45) is 1.58. The number of amides is 1. The minimum atomic E-state index is -0.458. The number of nitrogens with zero attached hydrogens (tertiary/aromatic N) is 1. The lowest BCUT2D eigenvalue weighted by atomic mass is 10.1. The molecule has 0 aliphatic carbocycles. The van der Waals surface area contributed by atoms with E-state index in [1.807, 2.05) is 32.0 Å². The predicted octanol–water partition coefficient (Wildman–Crippen LogP) is 4.48. The molecular weight excluding hydrogens is 354 g/mol. The first-order chi connectivity index (χ1) is 13.5. The van der Waals surface area contributed by atoms with Gasteiger partial charge in [0.1, 0.15) is 5.82 Å². The Hall–Kier alpha value is -3.67. The molecule has 0 saturated carbocycles. The van der Waals surface area contributed by atoms with Gasteiger partial charge < -0.3 is 15.4 Å². The monoisotopic (exact) mass is 375 g/mol. The van der Waals surface area contributed by atoms with Crippen molar-refractivity contribution < 1.29 is 14.3 Å². The summed E-state index contributed by atoms with van der Waals surface area (Å²) in [5, 5.41) is 6.07. The van der Waals surface area contributed by atoms with Crippen molar-refractivity contribution in [2.24, 2.45) is 0 Å². The van der Waals surface area contributed by atoms with Gasteiger partial charge in [-0.1, -0.05) is 24.3 Å². The Balaban J connectivity index is 1.78. The summed E-state index contributed by atoms with van der Waals surface area (Å²) in [5.74, 6) is -0.178. The molecule has 0 aliphatic rings. The van der Waals surface area contributed by atoms with E-state index in [4.69, 9.17) is 4.74 Å². The van der Waals surface area contributed by atoms with Crippen LogP contribution in [0, 0.1) is 13.8 Å². The molecule has 3 aromatic rings. The predicted molar refractivity (Wildman–Crippen MR) is 109 cm³/mol. The first kappa shape index (κ1) is 19.1. The molecule has 142 valence electrons. The fourth-order valence-electron chi connectivity index (χ4n) is 2.82. The molecule has 2 aromatic carbocycles. The van der Waals surface area contributed by atoms with Crippen molar-refractivity contribution in [2.45, 2.75) is 13.8 Å². The summed E-state index contributed by atoms with van der Waals surface area (Å²) in [6.45, 7) is 4.03. The topological polar surface area (TPSA) is 80.3 Å². The highest BCUT2D eigenvalue weighted by atomic mass is 16.5. The molecule has 0 aliphatic heterocycles. The van der Waals surface area contributed by atoms with E-state index >= 15 is 0 Å². The van der Waals surface area contributed by atoms with Crippen LogP contribution in [0.5, 0.6) is 0 Å². The number of esters is 1. The van der Waals surface area contributed by atoms with E-state index in [-0.39, 0.29) is 5.91 Å². The van der Waals surface area contributed by atoms with Crippen LogP contribution in [0.2, 0.25) is 0 Å². The van der Waals surface area contributed by atoms with Gasteiger partial charge in [0.05, 0.1) is 12.7 Å². The van der Waals surface area contributed by atoms with E-state index in [1.54, 1.807) is 42.6 Å². The Bertz CT molecular complexity index is 1010. The van der Waals surface area contributed by atoms with Crippen molar-refractivity contribution in [1.29, 1.82) is 0 Å². The van der Waals surface area contributed by atoms with Crippen LogP contribution in [-0.2, 0) is 4.74 Å². The van der Waals surface area contributed by atoms with Gasteiger partial charge in [0.15, 0.2) is 0 Å². The Morgan fingerprint density at radius 1 is 0.929 bits per heavy atom. The lowest BCUT2D eigenvalue weighted by Crippen LogP contribution is -2.13. The highest BCUT2D eigenvalue weighted by Crippen LogP contribution is 2.24. The maximum Gasteiger partial charge on any atom is 0.337 e. The number of ether oxygens (including phenoxy) is 1. The Morgan fingerprint density at radius 3 is 2.36 bits per heavy atom. The number of hydrogen-bond donors (Lipinski definition) is 2. The molecule has 0 unspecified atom stereocenters. The highest BCUT2D eigenvalue weighted by molar-refractivity contribution is 6.05. The number of aryl methyl sites for hydroxylation is 2. The summed E-state index contributed by atoms with van der Waals surface area (Å²) in [4.78, 5) is 28.6. The second-order valence-electron chi connectivity index (χ2n) is 6.35. The lowest BCUT2D eigenvalue weighted by molar-refractivity contribution is 0.0600. The van der Waals surface area contributed by atoms with Gasteiger partial charge in [0, 0.05) is 23.1 Å². The number of hydrogen-bond acceptors (Lipinski definition) is 5. The van der Waals surface area contributed by atoms with E-state index in [2.05, 4.69) is 15.6 Å². The van der Waals surface area contributed by atoms with Crippen LogP contribution in [0.15, 0.2) is 60.8 Å². The first-order valence-electron chi connectivity index (χ1n) is 8.77. The van der Waals surface area contributed by atoms with Crippen LogP contribution in [0.3, 0.4) is 0 Å². The molecule has 0 bridgehead atoms. The largest absolute Gasteiger partial charge is 0.465 e. The van der Waals surface area contributed by atoms with E-state index in [0.29, 0.717) is 22.6 Å². The van der Waals surface area contributed by atoms with E-state index in [0.717, 1.165) is 16.8 Å². The van der Waals surface area contributed by atoms with Crippen molar-refractivity contribution in [2.75, 3.05) is 17.7 Å².